The van der Waals surface area contributed by atoms with Crippen LogP contribution in [0.4, 0.5) is 12.6 Å². The molecule has 0 saturated heterocycles. The zero-order chi connectivity index (χ0) is 10.1. The first-order chi connectivity index (χ1) is 5.87. The summed E-state index contributed by atoms with van der Waals surface area (Å²) in [6, 6.07) is 0. The van der Waals surface area contributed by atoms with Crippen molar-refractivity contribution < 1.29 is 12.6 Å². The quantitative estimate of drug-likeness (QED) is 0.732. The van der Waals surface area contributed by atoms with Gasteiger partial charge in [0.1, 0.15) is 0 Å². The average Bonchev–Trinajstić information content (AvgIpc) is 1.78. The molecular weight excluding hydrogens is 244 g/mol. The molecule has 0 aliphatic carbocycles. The van der Waals surface area contributed by atoms with Gasteiger partial charge in [0.2, 0.25) is 0 Å². The normalized spacial score (nSPS) is 34.4. The standard InChI is InChI=1S/C2H8F3N5P3/c1-2-7-13(5)9-11(6)8-12(3,4)10-13/h7H,2H2,1H3,(H2,6,9)/q+1. The van der Waals surface area contributed by atoms with Gasteiger partial charge in [-0.25, -0.2) is 5.09 Å². The van der Waals surface area contributed by atoms with Gasteiger partial charge in [-0.2, -0.15) is 4.20 Å². The number of hydrogen-bond acceptors (Lipinski definition) is 5. The Morgan fingerprint density at radius 2 is 2.08 bits per heavy atom. The number of nitrogens with two attached hydrogens (primary N) is 1. The molecule has 0 spiro atoms. The Bertz CT molecular complexity index is 343. The lowest BCUT2D eigenvalue weighted by Crippen LogP contribution is -2.04. The molecular formula is C2H8F3N5P3+. The van der Waals surface area contributed by atoms with Gasteiger partial charge in [0.05, 0.1) is 0 Å². The third kappa shape index (κ3) is 3.15. The van der Waals surface area contributed by atoms with E-state index < -0.39 is 23.5 Å². The van der Waals surface area contributed by atoms with Crippen molar-refractivity contribution in [1.29, 1.82) is 0 Å². The highest BCUT2D eigenvalue weighted by Gasteiger charge is 2.37. The molecule has 13 heavy (non-hydrogen) atoms. The minimum atomic E-state index is -4.87. The molecule has 3 N–H and O–H groups in total. The van der Waals surface area contributed by atoms with Gasteiger partial charge in [-0.05, 0) is 0 Å². The molecule has 0 fully saturated rings. The first-order valence-corrected chi connectivity index (χ1v) is 7.63. The molecule has 5 nitrogen and oxygen atoms in total. The molecule has 1 rings (SSSR count). The first kappa shape index (κ1) is 11.3. The molecule has 1 aliphatic rings. The highest BCUT2D eigenvalue weighted by Crippen LogP contribution is 2.72. The maximum Gasteiger partial charge on any atom is 0.462 e. The van der Waals surface area contributed by atoms with E-state index in [1.165, 1.54) is 0 Å². The fourth-order valence-corrected chi connectivity index (χ4v) is 5.99. The Kier molecular flexibility index (Phi) is 3.31. The number of halogens is 3. The van der Waals surface area contributed by atoms with Gasteiger partial charge in [0.25, 0.3) is 0 Å². The van der Waals surface area contributed by atoms with E-state index in [0.717, 1.165) is 0 Å². The lowest BCUT2D eigenvalue weighted by atomic mass is 10.8. The van der Waals surface area contributed by atoms with Crippen molar-refractivity contribution in [3.63, 3.8) is 0 Å². The molecule has 1 aliphatic heterocycles. The van der Waals surface area contributed by atoms with Crippen LogP contribution >= 0.6 is 23.5 Å². The molecule has 76 valence electrons. The summed E-state index contributed by atoms with van der Waals surface area (Å²) in [4.78, 5) is 0. The lowest BCUT2D eigenvalue weighted by molar-refractivity contribution is 0.722. The highest BCUT2D eigenvalue weighted by atomic mass is 31.3. The van der Waals surface area contributed by atoms with Crippen LogP contribution in [-0.4, -0.2) is 6.54 Å². The Labute approximate surface area is 74.5 Å². The smallest absolute Gasteiger partial charge is 0.237 e. The Morgan fingerprint density at radius 3 is 2.54 bits per heavy atom. The fourth-order valence-electron chi connectivity index (χ4n) is 0.692. The van der Waals surface area contributed by atoms with Crippen molar-refractivity contribution in [2.24, 2.45) is 19.1 Å². The van der Waals surface area contributed by atoms with E-state index in [1.54, 1.807) is 6.92 Å². The molecule has 1 heterocycles. The maximum atomic E-state index is 13.4. The van der Waals surface area contributed by atoms with Gasteiger partial charge in [-0.3, -0.25) is 0 Å². The molecule has 0 bridgehead atoms. The highest BCUT2D eigenvalue weighted by molar-refractivity contribution is 7.75. The van der Waals surface area contributed by atoms with Gasteiger partial charge in [-0.15, -0.1) is 18.4 Å². The van der Waals surface area contributed by atoms with Crippen LogP contribution in [0.3, 0.4) is 0 Å². The predicted molar refractivity (Wildman–Crippen MR) is 49.2 cm³/mol. The van der Waals surface area contributed by atoms with Crippen molar-refractivity contribution >= 4 is 23.5 Å². The second-order valence-electron chi connectivity index (χ2n) is 2.08. The summed E-state index contributed by atoms with van der Waals surface area (Å²) >= 11 is 0. The molecule has 11 heteroatoms. The van der Waals surface area contributed by atoms with Crippen molar-refractivity contribution in [3.05, 3.63) is 0 Å². The van der Waals surface area contributed by atoms with Gasteiger partial charge in [-0.1, -0.05) is 6.92 Å². The summed E-state index contributed by atoms with van der Waals surface area (Å²) in [5, 5.41) is 2.18. The Balaban J connectivity index is 3.16. The third-order valence-electron chi connectivity index (χ3n) is 0.995. The molecule has 0 aromatic heterocycles. The fraction of sp³-hybridized carbons (Fsp3) is 1.00. The molecule has 0 aromatic carbocycles. The summed E-state index contributed by atoms with van der Waals surface area (Å²) in [6.07, 6.45) is 0. The van der Waals surface area contributed by atoms with E-state index in [4.69, 9.17) is 5.50 Å². The van der Waals surface area contributed by atoms with Gasteiger partial charge >= 0.3 is 23.5 Å². The van der Waals surface area contributed by atoms with Crippen LogP contribution in [0.2, 0.25) is 0 Å². The topological polar surface area (TPSA) is 75.1 Å². The number of hydrogen-bond donors (Lipinski definition) is 2. The van der Waals surface area contributed by atoms with E-state index in [1.807, 2.05) is 0 Å². The van der Waals surface area contributed by atoms with Crippen molar-refractivity contribution in [2.75, 3.05) is 6.54 Å². The monoisotopic (exact) mass is 252 g/mol. The van der Waals surface area contributed by atoms with Crippen molar-refractivity contribution in [2.45, 2.75) is 6.92 Å². The van der Waals surface area contributed by atoms with Gasteiger partial charge < -0.3 is 0 Å². The second kappa shape index (κ2) is 3.79. The van der Waals surface area contributed by atoms with Crippen LogP contribution in [0.25, 0.3) is 0 Å². The van der Waals surface area contributed by atoms with E-state index in [2.05, 4.69) is 18.6 Å². The van der Waals surface area contributed by atoms with Crippen molar-refractivity contribution in [3.8, 4) is 0 Å². The molecule has 0 aromatic rings. The van der Waals surface area contributed by atoms with Crippen LogP contribution in [0.15, 0.2) is 13.5 Å². The predicted octanol–water partition coefficient (Wildman–Crippen LogP) is 3.86. The van der Waals surface area contributed by atoms with Crippen LogP contribution in [0.1, 0.15) is 6.92 Å². The number of nitrogens with one attached hydrogen (secondary N) is 1. The zero-order valence-corrected chi connectivity index (χ0v) is 9.28. The Hall–Kier alpha value is 0.270. The second-order valence-corrected chi connectivity index (χ2v) is 7.15. The minimum Gasteiger partial charge on any atom is -0.237 e. The summed E-state index contributed by atoms with van der Waals surface area (Å²) < 4.78 is 47.6. The Morgan fingerprint density at radius 1 is 1.46 bits per heavy atom. The lowest BCUT2D eigenvalue weighted by Gasteiger charge is -2.08. The van der Waals surface area contributed by atoms with E-state index in [9.17, 15) is 12.6 Å². The van der Waals surface area contributed by atoms with Gasteiger partial charge in [0, 0.05) is 15.6 Å². The molecule has 2 unspecified atom stereocenters. The van der Waals surface area contributed by atoms with E-state index in [0.29, 0.717) is 0 Å². The van der Waals surface area contributed by atoms with Crippen molar-refractivity contribution in [1.82, 2.24) is 5.09 Å². The molecule has 0 radical (unpaired) electrons. The molecule has 0 saturated carbocycles. The summed E-state index contributed by atoms with van der Waals surface area (Å²) in [5.41, 5.74) is 5.08. The zero-order valence-electron chi connectivity index (χ0n) is 6.60. The van der Waals surface area contributed by atoms with Crippen LogP contribution in [0, 0.1) is 0 Å². The number of nitrogens with zero attached hydrogens (tertiary/aromatic N) is 3. The van der Waals surface area contributed by atoms with E-state index in [-0.39, 0.29) is 6.54 Å². The molecule has 0 amide bonds. The van der Waals surface area contributed by atoms with Crippen LogP contribution < -0.4 is 10.6 Å². The van der Waals surface area contributed by atoms with Crippen LogP contribution in [-0.2, 0) is 0 Å². The summed E-state index contributed by atoms with van der Waals surface area (Å²) in [7, 11) is -10.9. The van der Waals surface area contributed by atoms with Crippen LogP contribution in [0.5, 0.6) is 0 Å². The molecule has 2 atom stereocenters. The maximum absolute atomic E-state index is 13.4. The summed E-state index contributed by atoms with van der Waals surface area (Å²) in [5.74, 6) is 0. The largest absolute Gasteiger partial charge is 0.462 e. The SMILES string of the molecule is CCNP1(F)=NP(F)(F)=N[P+](N)=N1. The van der Waals surface area contributed by atoms with E-state index >= 15 is 0 Å². The third-order valence-corrected chi connectivity index (χ3v) is 6.80. The summed E-state index contributed by atoms with van der Waals surface area (Å²) in [6.45, 7) is 1.76. The van der Waals surface area contributed by atoms with Gasteiger partial charge in [0.15, 0.2) is 0 Å². The first-order valence-electron chi connectivity index (χ1n) is 3.25. The average molecular weight is 252 g/mol. The minimum absolute atomic E-state index is 0.181. The number of rotatable bonds is 2.